The van der Waals surface area contributed by atoms with Gasteiger partial charge in [-0.25, -0.2) is 8.78 Å². The van der Waals surface area contributed by atoms with Crippen molar-refractivity contribution in [1.82, 2.24) is 5.32 Å². The first-order chi connectivity index (χ1) is 9.22. The summed E-state index contributed by atoms with van der Waals surface area (Å²) in [5.41, 5.74) is 0.228. The summed E-state index contributed by atoms with van der Waals surface area (Å²) < 4.78 is 27.5. The highest BCUT2D eigenvalue weighted by Crippen LogP contribution is 2.28. The molecule has 0 saturated heterocycles. The van der Waals surface area contributed by atoms with Gasteiger partial charge in [0, 0.05) is 11.6 Å². The van der Waals surface area contributed by atoms with Crippen molar-refractivity contribution in [3.8, 4) is 0 Å². The molecule has 0 amide bonds. The third-order valence-corrected chi connectivity index (χ3v) is 4.33. The smallest absolute Gasteiger partial charge is 0.129 e. The van der Waals surface area contributed by atoms with E-state index in [0.717, 1.165) is 0 Å². The van der Waals surface area contributed by atoms with Gasteiger partial charge in [0.15, 0.2) is 0 Å². The second kappa shape index (κ2) is 6.99. The summed E-state index contributed by atoms with van der Waals surface area (Å²) in [6, 6.07) is 4.29. The van der Waals surface area contributed by atoms with Gasteiger partial charge in [-0.3, -0.25) is 0 Å². The van der Waals surface area contributed by atoms with Crippen LogP contribution in [0.2, 0.25) is 0 Å². The lowest BCUT2D eigenvalue weighted by atomic mass is 9.87. The van der Waals surface area contributed by atoms with Gasteiger partial charge < -0.3 is 5.32 Å². The van der Waals surface area contributed by atoms with E-state index in [4.69, 9.17) is 0 Å². The Bertz CT molecular complexity index is 377. The molecule has 1 fully saturated rings. The SMILES string of the molecule is CNC(Cc1c(F)cccc1F)C1CCCCCC1. The fraction of sp³-hybridized carbons (Fsp3) is 0.625. The second-order valence-electron chi connectivity index (χ2n) is 5.55. The van der Waals surface area contributed by atoms with Crippen LogP contribution in [-0.4, -0.2) is 13.1 Å². The topological polar surface area (TPSA) is 12.0 Å². The lowest BCUT2D eigenvalue weighted by Crippen LogP contribution is -2.36. The summed E-state index contributed by atoms with van der Waals surface area (Å²) in [4.78, 5) is 0. The van der Waals surface area contributed by atoms with Crippen molar-refractivity contribution in [2.45, 2.75) is 51.0 Å². The molecule has 1 N–H and O–H groups in total. The van der Waals surface area contributed by atoms with Crippen molar-refractivity contribution in [2.24, 2.45) is 5.92 Å². The number of hydrogen-bond donors (Lipinski definition) is 1. The molecule has 1 aliphatic rings. The molecule has 0 heterocycles. The number of rotatable bonds is 4. The normalized spacial score (nSPS) is 19.1. The molecule has 0 bridgehead atoms. The van der Waals surface area contributed by atoms with E-state index >= 15 is 0 Å². The van der Waals surface area contributed by atoms with Crippen LogP contribution in [0.4, 0.5) is 8.78 Å². The van der Waals surface area contributed by atoms with Crippen molar-refractivity contribution in [3.63, 3.8) is 0 Å². The van der Waals surface area contributed by atoms with Crippen molar-refractivity contribution in [1.29, 1.82) is 0 Å². The highest BCUT2D eigenvalue weighted by atomic mass is 19.1. The molecule has 0 radical (unpaired) electrons. The van der Waals surface area contributed by atoms with Gasteiger partial charge in [-0.15, -0.1) is 0 Å². The van der Waals surface area contributed by atoms with E-state index in [1.807, 2.05) is 7.05 Å². The minimum Gasteiger partial charge on any atom is -0.316 e. The molecule has 1 nitrogen and oxygen atoms in total. The number of halogens is 2. The highest BCUT2D eigenvalue weighted by Gasteiger charge is 2.23. The summed E-state index contributed by atoms with van der Waals surface area (Å²) in [5, 5.41) is 3.27. The molecule has 3 heteroatoms. The Morgan fingerprint density at radius 2 is 1.68 bits per heavy atom. The third-order valence-electron chi connectivity index (χ3n) is 4.33. The predicted octanol–water partition coefficient (Wildman–Crippen LogP) is 4.07. The van der Waals surface area contributed by atoms with Gasteiger partial charge in [0.1, 0.15) is 11.6 Å². The number of benzene rings is 1. The number of nitrogens with one attached hydrogen (secondary N) is 1. The standard InChI is InChI=1S/C16H23F2N/c1-19-16(12-7-4-2-3-5-8-12)11-13-14(17)9-6-10-15(13)18/h6,9-10,12,16,19H,2-5,7-8,11H2,1H3. The van der Waals surface area contributed by atoms with Gasteiger partial charge >= 0.3 is 0 Å². The van der Waals surface area contributed by atoms with Crippen LogP contribution in [0.15, 0.2) is 18.2 Å². The zero-order valence-electron chi connectivity index (χ0n) is 11.6. The van der Waals surface area contributed by atoms with Crippen LogP contribution >= 0.6 is 0 Å². The summed E-state index contributed by atoms with van der Waals surface area (Å²) >= 11 is 0. The average molecular weight is 267 g/mol. The second-order valence-corrected chi connectivity index (χ2v) is 5.55. The van der Waals surface area contributed by atoms with Crippen LogP contribution in [0.5, 0.6) is 0 Å². The zero-order chi connectivity index (χ0) is 13.7. The summed E-state index contributed by atoms with van der Waals surface area (Å²) in [5.74, 6) is -0.311. The van der Waals surface area contributed by atoms with Gasteiger partial charge in [0.25, 0.3) is 0 Å². The lowest BCUT2D eigenvalue weighted by molar-refractivity contribution is 0.327. The van der Waals surface area contributed by atoms with Crippen LogP contribution in [0.1, 0.15) is 44.1 Å². The molecule has 2 rings (SSSR count). The maximum atomic E-state index is 13.7. The zero-order valence-corrected chi connectivity index (χ0v) is 11.6. The first-order valence-electron chi connectivity index (χ1n) is 7.32. The molecule has 106 valence electrons. The van der Waals surface area contributed by atoms with E-state index < -0.39 is 11.6 Å². The first-order valence-corrected chi connectivity index (χ1v) is 7.32. The third kappa shape index (κ3) is 3.75. The molecular weight excluding hydrogens is 244 g/mol. The van der Waals surface area contributed by atoms with E-state index in [-0.39, 0.29) is 11.6 Å². The Morgan fingerprint density at radius 3 is 2.21 bits per heavy atom. The van der Waals surface area contributed by atoms with E-state index in [1.54, 1.807) is 0 Å². The average Bonchev–Trinajstić information content (AvgIpc) is 2.67. The Hall–Kier alpha value is -0.960. The van der Waals surface area contributed by atoms with Crippen LogP contribution < -0.4 is 5.32 Å². The molecule has 0 spiro atoms. The van der Waals surface area contributed by atoms with Gasteiger partial charge in [-0.2, -0.15) is 0 Å². The number of likely N-dealkylation sites (N-methyl/N-ethyl adjacent to an activating group) is 1. The van der Waals surface area contributed by atoms with Crippen LogP contribution in [0, 0.1) is 17.6 Å². The van der Waals surface area contributed by atoms with E-state index in [9.17, 15) is 8.78 Å². The molecular formula is C16H23F2N. The maximum absolute atomic E-state index is 13.7. The maximum Gasteiger partial charge on any atom is 0.129 e. The molecule has 1 saturated carbocycles. The van der Waals surface area contributed by atoms with Crippen LogP contribution in [-0.2, 0) is 6.42 Å². The van der Waals surface area contributed by atoms with Gasteiger partial charge in [0.05, 0.1) is 0 Å². The molecule has 1 aromatic rings. The molecule has 0 aliphatic heterocycles. The van der Waals surface area contributed by atoms with Crippen molar-refractivity contribution in [3.05, 3.63) is 35.4 Å². The molecule has 1 aliphatic carbocycles. The Morgan fingerprint density at radius 1 is 1.11 bits per heavy atom. The van der Waals surface area contributed by atoms with Gasteiger partial charge in [-0.1, -0.05) is 31.7 Å². The number of hydrogen-bond acceptors (Lipinski definition) is 1. The van der Waals surface area contributed by atoms with Crippen LogP contribution in [0.3, 0.4) is 0 Å². The summed E-state index contributed by atoms with van der Waals surface area (Å²) in [6.45, 7) is 0. The minimum absolute atomic E-state index is 0.171. The van der Waals surface area contributed by atoms with Gasteiger partial charge in [0.2, 0.25) is 0 Å². The predicted molar refractivity (Wildman–Crippen MR) is 74.1 cm³/mol. The van der Waals surface area contributed by atoms with Crippen molar-refractivity contribution < 1.29 is 8.78 Å². The van der Waals surface area contributed by atoms with Crippen molar-refractivity contribution >= 4 is 0 Å². The Kier molecular flexibility index (Phi) is 5.32. The lowest BCUT2D eigenvalue weighted by Gasteiger charge is -2.26. The van der Waals surface area contributed by atoms with E-state index in [0.29, 0.717) is 12.3 Å². The van der Waals surface area contributed by atoms with E-state index in [2.05, 4.69) is 5.32 Å². The Balaban J connectivity index is 2.09. The first kappa shape index (κ1) is 14.4. The summed E-state index contributed by atoms with van der Waals surface area (Å²) in [7, 11) is 1.90. The molecule has 1 atom stereocenters. The van der Waals surface area contributed by atoms with Crippen molar-refractivity contribution in [2.75, 3.05) is 7.05 Å². The molecule has 19 heavy (non-hydrogen) atoms. The highest BCUT2D eigenvalue weighted by molar-refractivity contribution is 5.21. The molecule has 1 aromatic carbocycles. The monoisotopic (exact) mass is 267 g/mol. The Labute approximate surface area is 114 Å². The quantitative estimate of drug-likeness (QED) is 0.811. The largest absolute Gasteiger partial charge is 0.316 e. The minimum atomic E-state index is -0.422. The summed E-state index contributed by atoms with van der Waals surface area (Å²) in [6.07, 6.45) is 7.84. The fourth-order valence-electron chi connectivity index (χ4n) is 3.16. The van der Waals surface area contributed by atoms with E-state index in [1.165, 1.54) is 56.7 Å². The van der Waals surface area contributed by atoms with Gasteiger partial charge in [-0.05, 0) is 44.4 Å². The van der Waals surface area contributed by atoms with Crippen LogP contribution in [0.25, 0.3) is 0 Å². The molecule has 0 aromatic heterocycles. The fourth-order valence-corrected chi connectivity index (χ4v) is 3.16. The molecule has 1 unspecified atom stereocenters.